The van der Waals surface area contributed by atoms with Gasteiger partial charge in [-0.05, 0) is 32.1 Å². The number of carboxylic acids is 1. The third-order valence-corrected chi connectivity index (χ3v) is 3.57. The van der Waals surface area contributed by atoms with Crippen molar-refractivity contribution in [2.24, 2.45) is 5.92 Å². The van der Waals surface area contributed by atoms with Gasteiger partial charge >= 0.3 is 12.0 Å². The van der Waals surface area contributed by atoms with E-state index in [0.29, 0.717) is 0 Å². The van der Waals surface area contributed by atoms with Gasteiger partial charge < -0.3 is 15.3 Å². The molecule has 1 saturated heterocycles. The molecule has 1 aliphatic rings. The molecule has 0 aromatic rings. The number of nitrogens with one attached hydrogen (secondary N) is 1. The van der Waals surface area contributed by atoms with E-state index in [4.69, 9.17) is 5.11 Å². The highest BCUT2D eigenvalue weighted by Gasteiger charge is 2.26. The number of carbonyl (C=O) groups is 2. The van der Waals surface area contributed by atoms with Gasteiger partial charge in [0.15, 0.2) is 0 Å². The second kappa shape index (κ2) is 6.61. The van der Waals surface area contributed by atoms with Gasteiger partial charge in [0.25, 0.3) is 0 Å². The van der Waals surface area contributed by atoms with Crippen molar-refractivity contribution in [3.05, 3.63) is 0 Å². The van der Waals surface area contributed by atoms with Gasteiger partial charge in [-0.3, -0.25) is 4.79 Å². The zero-order chi connectivity index (χ0) is 13.7. The van der Waals surface area contributed by atoms with Crippen LogP contribution in [0.5, 0.6) is 0 Å². The van der Waals surface area contributed by atoms with E-state index in [2.05, 4.69) is 5.32 Å². The summed E-state index contributed by atoms with van der Waals surface area (Å²) in [4.78, 5) is 24.7. The molecule has 0 bridgehead atoms. The first-order chi connectivity index (χ1) is 8.41. The fourth-order valence-electron chi connectivity index (χ4n) is 2.28. The van der Waals surface area contributed by atoms with Crippen molar-refractivity contribution in [3.63, 3.8) is 0 Å². The van der Waals surface area contributed by atoms with Gasteiger partial charge in [0.05, 0.1) is 6.42 Å². The predicted molar refractivity (Wildman–Crippen MR) is 69.4 cm³/mol. The zero-order valence-corrected chi connectivity index (χ0v) is 11.5. The van der Waals surface area contributed by atoms with Gasteiger partial charge in [-0.1, -0.05) is 13.8 Å². The predicted octanol–water partition coefficient (Wildman–Crippen LogP) is 2.07. The largest absolute Gasteiger partial charge is 0.481 e. The number of hydrogen-bond donors (Lipinski definition) is 2. The third-order valence-electron chi connectivity index (χ3n) is 3.57. The number of amides is 2. The van der Waals surface area contributed by atoms with E-state index in [0.717, 1.165) is 25.8 Å². The molecule has 5 nitrogen and oxygen atoms in total. The molecule has 5 heteroatoms. The first-order valence-electron chi connectivity index (χ1n) is 6.70. The van der Waals surface area contributed by atoms with E-state index < -0.39 is 5.97 Å². The Bertz CT molecular complexity index is 305. The van der Waals surface area contributed by atoms with Gasteiger partial charge in [-0.15, -0.1) is 0 Å². The highest BCUT2D eigenvalue weighted by Crippen LogP contribution is 2.17. The second-order valence-corrected chi connectivity index (χ2v) is 5.44. The molecule has 0 aromatic heterocycles. The highest BCUT2D eigenvalue weighted by atomic mass is 16.4. The summed E-state index contributed by atoms with van der Waals surface area (Å²) in [7, 11) is 0. The number of rotatable bonds is 4. The Morgan fingerprint density at radius 2 is 2.06 bits per heavy atom. The minimum absolute atomic E-state index is 0.0222. The number of carbonyl (C=O) groups excluding carboxylic acids is 1. The van der Waals surface area contributed by atoms with Crippen molar-refractivity contribution in [2.75, 3.05) is 6.54 Å². The van der Waals surface area contributed by atoms with E-state index in [1.54, 1.807) is 0 Å². The van der Waals surface area contributed by atoms with Crippen LogP contribution in [0.25, 0.3) is 0 Å². The Morgan fingerprint density at radius 3 is 2.56 bits per heavy atom. The number of hydrogen-bond acceptors (Lipinski definition) is 2. The van der Waals surface area contributed by atoms with Crippen molar-refractivity contribution in [1.29, 1.82) is 0 Å². The van der Waals surface area contributed by atoms with Gasteiger partial charge in [0.2, 0.25) is 0 Å². The van der Waals surface area contributed by atoms with E-state index in [-0.39, 0.29) is 30.5 Å². The fraction of sp³-hybridized carbons (Fsp3) is 0.846. The molecule has 0 radical (unpaired) electrons. The van der Waals surface area contributed by atoms with Crippen molar-refractivity contribution in [2.45, 2.75) is 58.5 Å². The molecule has 2 unspecified atom stereocenters. The molecule has 104 valence electrons. The van der Waals surface area contributed by atoms with Crippen LogP contribution in [0, 0.1) is 5.92 Å². The summed E-state index contributed by atoms with van der Waals surface area (Å²) in [6.07, 6.45) is 3.20. The number of aliphatic carboxylic acids is 1. The molecule has 0 aromatic carbocycles. The van der Waals surface area contributed by atoms with Crippen LogP contribution in [-0.4, -0.2) is 40.6 Å². The number of nitrogens with zero attached hydrogens (tertiary/aromatic N) is 1. The molecule has 2 amide bonds. The summed E-state index contributed by atoms with van der Waals surface area (Å²) in [6, 6.07) is -0.178. The van der Waals surface area contributed by atoms with Crippen LogP contribution in [0.4, 0.5) is 4.79 Å². The van der Waals surface area contributed by atoms with Crippen LogP contribution in [0.2, 0.25) is 0 Å². The number of piperidine rings is 1. The summed E-state index contributed by atoms with van der Waals surface area (Å²) in [5, 5.41) is 11.7. The Kier molecular flexibility index (Phi) is 5.44. The first kappa shape index (κ1) is 14.8. The summed E-state index contributed by atoms with van der Waals surface area (Å²) >= 11 is 0. The molecule has 0 saturated carbocycles. The van der Waals surface area contributed by atoms with Crippen molar-refractivity contribution < 1.29 is 14.7 Å². The van der Waals surface area contributed by atoms with E-state index in [1.807, 2.05) is 25.7 Å². The summed E-state index contributed by atoms with van der Waals surface area (Å²) in [6.45, 7) is 6.66. The molecular formula is C13H24N2O3. The Balaban J connectivity index is 2.57. The van der Waals surface area contributed by atoms with Crippen LogP contribution in [0.1, 0.15) is 46.5 Å². The van der Waals surface area contributed by atoms with Crippen molar-refractivity contribution in [3.8, 4) is 0 Å². The number of likely N-dealkylation sites (tertiary alicyclic amines) is 1. The minimum atomic E-state index is -0.874. The maximum Gasteiger partial charge on any atom is 0.317 e. The highest BCUT2D eigenvalue weighted by molar-refractivity contribution is 5.76. The molecule has 2 N–H and O–H groups in total. The maximum atomic E-state index is 12.1. The van der Waals surface area contributed by atoms with Gasteiger partial charge in [0, 0.05) is 18.6 Å². The lowest BCUT2D eigenvalue weighted by molar-refractivity contribution is -0.137. The number of carboxylic acid groups (broad SMARTS) is 1. The molecule has 2 atom stereocenters. The molecule has 0 spiro atoms. The fourth-order valence-corrected chi connectivity index (χ4v) is 2.28. The molecule has 1 aliphatic heterocycles. The molecule has 0 aliphatic carbocycles. The first-order valence-corrected chi connectivity index (χ1v) is 6.70. The zero-order valence-electron chi connectivity index (χ0n) is 11.5. The quantitative estimate of drug-likeness (QED) is 0.809. The summed E-state index contributed by atoms with van der Waals surface area (Å²) in [5.74, 6) is -0.758. The smallest absolute Gasteiger partial charge is 0.317 e. The minimum Gasteiger partial charge on any atom is -0.481 e. The van der Waals surface area contributed by atoms with Crippen molar-refractivity contribution >= 4 is 12.0 Å². The summed E-state index contributed by atoms with van der Waals surface area (Å²) in [5.41, 5.74) is 0. The van der Waals surface area contributed by atoms with E-state index >= 15 is 0 Å². The van der Waals surface area contributed by atoms with Crippen LogP contribution in [-0.2, 0) is 4.79 Å². The molecule has 18 heavy (non-hydrogen) atoms. The van der Waals surface area contributed by atoms with Gasteiger partial charge in [-0.2, -0.15) is 0 Å². The molecule has 1 heterocycles. The standard InChI is InChI=1S/C13H24N2O3/c1-9(2)11(8-12(16)17)14-13(18)15-7-5-4-6-10(15)3/h9-11H,4-8H2,1-3H3,(H,14,18)(H,16,17). The van der Waals surface area contributed by atoms with Crippen molar-refractivity contribution in [1.82, 2.24) is 10.2 Å². The Morgan fingerprint density at radius 1 is 1.39 bits per heavy atom. The van der Waals surface area contributed by atoms with Crippen LogP contribution in [0.15, 0.2) is 0 Å². The Labute approximate surface area is 109 Å². The van der Waals surface area contributed by atoms with Crippen LogP contribution in [0.3, 0.4) is 0 Å². The molecule has 1 rings (SSSR count). The second-order valence-electron chi connectivity index (χ2n) is 5.44. The lowest BCUT2D eigenvalue weighted by Gasteiger charge is -2.35. The monoisotopic (exact) mass is 256 g/mol. The average Bonchev–Trinajstić information content (AvgIpc) is 2.27. The van der Waals surface area contributed by atoms with Crippen LogP contribution < -0.4 is 5.32 Å². The van der Waals surface area contributed by atoms with Gasteiger partial charge in [0.1, 0.15) is 0 Å². The normalized spacial score (nSPS) is 21.8. The Hall–Kier alpha value is -1.26. The number of urea groups is 1. The van der Waals surface area contributed by atoms with E-state index in [9.17, 15) is 9.59 Å². The van der Waals surface area contributed by atoms with Gasteiger partial charge in [-0.25, -0.2) is 4.79 Å². The van der Waals surface area contributed by atoms with Crippen LogP contribution >= 0.6 is 0 Å². The average molecular weight is 256 g/mol. The SMILES string of the molecule is CC(C)C(CC(=O)O)NC(=O)N1CCCCC1C. The third kappa shape index (κ3) is 4.20. The molecule has 1 fully saturated rings. The van der Waals surface area contributed by atoms with E-state index in [1.165, 1.54) is 0 Å². The topological polar surface area (TPSA) is 69.6 Å². The summed E-state index contributed by atoms with van der Waals surface area (Å²) < 4.78 is 0. The lowest BCUT2D eigenvalue weighted by Crippen LogP contribution is -2.51. The molecular weight excluding hydrogens is 232 g/mol. The lowest BCUT2D eigenvalue weighted by atomic mass is 10.0. The maximum absolute atomic E-state index is 12.1.